The fourth-order valence-corrected chi connectivity index (χ4v) is 4.17. The average Bonchev–Trinajstić information content (AvgIpc) is 2.41. The van der Waals surface area contributed by atoms with Gasteiger partial charge in [0, 0.05) is 5.69 Å². The second-order valence-electron chi connectivity index (χ2n) is 5.30. The number of hydrogen-bond acceptors (Lipinski definition) is 4. The molecule has 108 valence electrons. The number of anilines is 2. The smallest absolute Gasteiger partial charge is 0.233 e. The molecule has 1 aromatic carbocycles. The third kappa shape index (κ3) is 3.87. The Morgan fingerprint density at radius 3 is 2.65 bits per heavy atom. The van der Waals surface area contributed by atoms with Crippen molar-refractivity contribution in [3.63, 3.8) is 0 Å². The molecular formula is C14H19N3O2S. The third-order valence-corrected chi connectivity index (χ3v) is 5.05. The molecule has 2 rings (SSSR count). The summed E-state index contributed by atoms with van der Waals surface area (Å²) < 4.78 is 26.8. The topological polar surface area (TPSA) is 96.0 Å². The molecule has 0 atom stereocenters. The van der Waals surface area contributed by atoms with Gasteiger partial charge in [0.1, 0.15) is 6.07 Å². The summed E-state index contributed by atoms with van der Waals surface area (Å²) in [5.74, 6) is 0.350. The quantitative estimate of drug-likeness (QED) is 0.833. The summed E-state index contributed by atoms with van der Waals surface area (Å²) in [6, 6.07) is 6.54. The maximum absolute atomic E-state index is 12.2. The Balaban J connectivity index is 2.10. The Labute approximate surface area is 119 Å². The van der Waals surface area contributed by atoms with E-state index in [1.807, 2.05) is 6.07 Å². The molecule has 0 heterocycles. The molecule has 0 radical (unpaired) electrons. The first-order valence-corrected chi connectivity index (χ1v) is 8.45. The number of nitrogens with one attached hydrogen (secondary N) is 1. The number of rotatable bonds is 4. The molecule has 6 heteroatoms. The number of nitrogens with zero attached hydrogens (tertiary/aromatic N) is 1. The molecule has 1 fully saturated rings. The fraction of sp³-hybridized carbons (Fsp3) is 0.500. The standard InChI is InChI=1S/C14H19N3O2S/c15-9-12-8-13(16)6-7-14(12)17-20(18,19)10-11-4-2-1-3-5-11/h6-8,11,17H,1-5,10,16H2. The molecule has 0 saturated heterocycles. The van der Waals surface area contributed by atoms with Crippen LogP contribution in [0.3, 0.4) is 0 Å². The van der Waals surface area contributed by atoms with Gasteiger partial charge in [-0.25, -0.2) is 8.42 Å². The Hall–Kier alpha value is -1.74. The summed E-state index contributed by atoms with van der Waals surface area (Å²) in [6.45, 7) is 0. The van der Waals surface area contributed by atoms with E-state index in [1.54, 1.807) is 6.07 Å². The Morgan fingerprint density at radius 2 is 2.00 bits per heavy atom. The average molecular weight is 293 g/mol. The van der Waals surface area contributed by atoms with E-state index in [0.717, 1.165) is 25.7 Å². The molecule has 0 spiro atoms. The maximum Gasteiger partial charge on any atom is 0.233 e. The lowest BCUT2D eigenvalue weighted by molar-refractivity contribution is 0.385. The monoisotopic (exact) mass is 293 g/mol. The predicted molar refractivity (Wildman–Crippen MR) is 79.6 cm³/mol. The number of benzene rings is 1. The molecule has 0 aromatic heterocycles. The van der Waals surface area contributed by atoms with Gasteiger partial charge in [-0.3, -0.25) is 4.72 Å². The minimum Gasteiger partial charge on any atom is -0.399 e. The van der Waals surface area contributed by atoms with Crippen LogP contribution < -0.4 is 10.5 Å². The minimum atomic E-state index is -3.42. The molecule has 0 unspecified atom stereocenters. The van der Waals surface area contributed by atoms with Crippen LogP contribution in [0.2, 0.25) is 0 Å². The van der Waals surface area contributed by atoms with Crippen molar-refractivity contribution in [2.45, 2.75) is 32.1 Å². The van der Waals surface area contributed by atoms with Gasteiger partial charge in [-0.1, -0.05) is 19.3 Å². The van der Waals surface area contributed by atoms with E-state index >= 15 is 0 Å². The van der Waals surface area contributed by atoms with Crippen LogP contribution in [0.25, 0.3) is 0 Å². The SMILES string of the molecule is N#Cc1cc(N)ccc1NS(=O)(=O)CC1CCCCC1. The number of nitriles is 1. The van der Waals surface area contributed by atoms with Crippen LogP contribution in [-0.4, -0.2) is 14.2 Å². The number of nitrogens with two attached hydrogens (primary N) is 1. The first-order valence-electron chi connectivity index (χ1n) is 6.80. The zero-order chi connectivity index (χ0) is 14.6. The van der Waals surface area contributed by atoms with Crippen molar-refractivity contribution in [2.24, 2.45) is 5.92 Å². The largest absolute Gasteiger partial charge is 0.399 e. The van der Waals surface area contributed by atoms with E-state index in [-0.39, 0.29) is 17.2 Å². The molecule has 3 N–H and O–H groups in total. The first kappa shape index (κ1) is 14.7. The highest BCUT2D eigenvalue weighted by Crippen LogP contribution is 2.26. The van der Waals surface area contributed by atoms with Gasteiger partial charge >= 0.3 is 0 Å². The summed E-state index contributed by atoms with van der Waals surface area (Å²) >= 11 is 0. The van der Waals surface area contributed by atoms with Gasteiger partial charge in [0.25, 0.3) is 0 Å². The fourth-order valence-electron chi connectivity index (χ4n) is 2.62. The number of sulfonamides is 1. The lowest BCUT2D eigenvalue weighted by Gasteiger charge is -2.21. The Morgan fingerprint density at radius 1 is 1.30 bits per heavy atom. The summed E-state index contributed by atoms with van der Waals surface area (Å²) in [4.78, 5) is 0. The summed E-state index contributed by atoms with van der Waals surface area (Å²) in [5, 5.41) is 9.02. The van der Waals surface area contributed by atoms with Gasteiger partial charge in [0.05, 0.1) is 17.0 Å². The van der Waals surface area contributed by atoms with Gasteiger partial charge in [-0.15, -0.1) is 0 Å². The van der Waals surface area contributed by atoms with Crippen LogP contribution in [0.1, 0.15) is 37.7 Å². The van der Waals surface area contributed by atoms with E-state index in [0.29, 0.717) is 11.4 Å². The van der Waals surface area contributed by atoms with Gasteiger partial charge in [-0.05, 0) is 37.0 Å². The Bertz CT molecular complexity index is 614. The van der Waals surface area contributed by atoms with Gasteiger partial charge in [0.2, 0.25) is 10.0 Å². The van der Waals surface area contributed by atoms with Crippen LogP contribution in [0.4, 0.5) is 11.4 Å². The van der Waals surface area contributed by atoms with Crippen LogP contribution in [0.5, 0.6) is 0 Å². The van der Waals surface area contributed by atoms with Gasteiger partial charge in [0.15, 0.2) is 0 Å². The van der Waals surface area contributed by atoms with E-state index in [9.17, 15) is 8.42 Å². The highest BCUT2D eigenvalue weighted by atomic mass is 32.2. The van der Waals surface area contributed by atoms with Crippen LogP contribution >= 0.6 is 0 Å². The van der Waals surface area contributed by atoms with Crippen molar-refractivity contribution in [2.75, 3.05) is 16.2 Å². The zero-order valence-corrected chi connectivity index (χ0v) is 12.1. The highest BCUT2D eigenvalue weighted by Gasteiger charge is 2.22. The second-order valence-corrected chi connectivity index (χ2v) is 7.07. The van der Waals surface area contributed by atoms with Gasteiger partial charge in [-0.2, -0.15) is 5.26 Å². The molecular weight excluding hydrogens is 274 g/mol. The minimum absolute atomic E-state index is 0.127. The molecule has 20 heavy (non-hydrogen) atoms. The maximum atomic E-state index is 12.2. The van der Waals surface area contributed by atoms with E-state index in [2.05, 4.69) is 4.72 Å². The molecule has 0 amide bonds. The Kier molecular flexibility index (Phi) is 4.50. The lowest BCUT2D eigenvalue weighted by Crippen LogP contribution is -2.24. The van der Waals surface area contributed by atoms with Crippen molar-refractivity contribution in [1.82, 2.24) is 0 Å². The van der Waals surface area contributed by atoms with Crippen LogP contribution in [0.15, 0.2) is 18.2 Å². The zero-order valence-electron chi connectivity index (χ0n) is 11.3. The molecule has 1 aromatic rings. The molecule has 0 aliphatic heterocycles. The van der Waals surface area contributed by atoms with Crippen LogP contribution in [-0.2, 0) is 10.0 Å². The number of nitrogen functional groups attached to an aromatic ring is 1. The van der Waals surface area contributed by atoms with E-state index in [1.165, 1.54) is 18.6 Å². The van der Waals surface area contributed by atoms with Crippen molar-refractivity contribution in [3.8, 4) is 6.07 Å². The first-order chi connectivity index (χ1) is 9.50. The lowest BCUT2D eigenvalue weighted by atomic mass is 9.91. The van der Waals surface area contributed by atoms with E-state index < -0.39 is 10.0 Å². The van der Waals surface area contributed by atoms with Gasteiger partial charge < -0.3 is 5.73 Å². The molecule has 1 aliphatic rings. The summed E-state index contributed by atoms with van der Waals surface area (Å²) in [7, 11) is -3.42. The van der Waals surface area contributed by atoms with Crippen molar-refractivity contribution < 1.29 is 8.42 Å². The summed E-state index contributed by atoms with van der Waals surface area (Å²) in [6.07, 6.45) is 5.33. The number of hydrogen-bond donors (Lipinski definition) is 2. The normalized spacial score (nSPS) is 16.6. The summed E-state index contributed by atoms with van der Waals surface area (Å²) in [5.41, 5.74) is 6.58. The molecule has 1 aliphatic carbocycles. The predicted octanol–water partition coefficient (Wildman–Crippen LogP) is 2.46. The third-order valence-electron chi connectivity index (χ3n) is 3.61. The van der Waals surface area contributed by atoms with Crippen molar-refractivity contribution in [3.05, 3.63) is 23.8 Å². The van der Waals surface area contributed by atoms with Crippen LogP contribution in [0, 0.1) is 17.2 Å². The highest BCUT2D eigenvalue weighted by molar-refractivity contribution is 7.92. The second kappa shape index (κ2) is 6.14. The van der Waals surface area contributed by atoms with E-state index in [4.69, 9.17) is 11.0 Å². The van der Waals surface area contributed by atoms with Crippen molar-refractivity contribution in [1.29, 1.82) is 5.26 Å². The molecule has 5 nitrogen and oxygen atoms in total. The molecule has 1 saturated carbocycles. The van der Waals surface area contributed by atoms with Crippen molar-refractivity contribution >= 4 is 21.4 Å². The molecule has 0 bridgehead atoms.